The first-order chi connectivity index (χ1) is 9.24. The number of aromatic nitrogens is 2. The topological polar surface area (TPSA) is 72.1 Å². The molecule has 1 aromatic heterocycles. The van der Waals surface area contributed by atoms with E-state index in [1.807, 2.05) is 0 Å². The second-order valence-electron chi connectivity index (χ2n) is 4.55. The number of carbonyl (C=O) groups excluding carboxylic acids is 1. The molecule has 1 N–H and O–H groups in total. The summed E-state index contributed by atoms with van der Waals surface area (Å²) in [4.78, 5) is 28.4. The third kappa shape index (κ3) is 6.74. The maximum absolute atomic E-state index is 11.5. The van der Waals surface area contributed by atoms with E-state index in [2.05, 4.69) is 16.9 Å². The Morgan fingerprint density at radius 1 is 1.21 bits per heavy atom. The maximum Gasteiger partial charge on any atom is 0.358 e. The summed E-state index contributed by atoms with van der Waals surface area (Å²) in [6, 6.07) is 0. The van der Waals surface area contributed by atoms with Gasteiger partial charge in [-0.1, -0.05) is 45.4 Å². The number of nitrogens with zero attached hydrogens (tertiary/aromatic N) is 1. The highest BCUT2D eigenvalue weighted by molar-refractivity contribution is 5.86. The summed E-state index contributed by atoms with van der Waals surface area (Å²) >= 11 is 0. The summed E-state index contributed by atoms with van der Waals surface area (Å²) in [7, 11) is 0. The third-order valence-corrected chi connectivity index (χ3v) is 2.86. The molecule has 0 saturated heterocycles. The average Bonchev–Trinajstić information content (AvgIpc) is 2.42. The lowest BCUT2D eigenvalue weighted by molar-refractivity contribution is 0.0490. The van der Waals surface area contributed by atoms with Crippen molar-refractivity contribution in [3.8, 4) is 0 Å². The molecule has 1 heterocycles. The summed E-state index contributed by atoms with van der Waals surface area (Å²) in [6.45, 7) is 2.61. The molecule has 0 aromatic carbocycles. The zero-order chi connectivity index (χ0) is 13.9. The van der Waals surface area contributed by atoms with Crippen molar-refractivity contribution in [2.24, 2.45) is 0 Å². The Hall–Kier alpha value is -1.65. The molecule has 0 spiro atoms. The van der Waals surface area contributed by atoms with Gasteiger partial charge in [0.2, 0.25) is 0 Å². The number of ether oxygens (including phenoxy) is 1. The average molecular weight is 266 g/mol. The molecule has 0 fully saturated rings. The van der Waals surface area contributed by atoms with Crippen molar-refractivity contribution in [3.05, 3.63) is 28.4 Å². The summed E-state index contributed by atoms with van der Waals surface area (Å²) in [5, 5.41) is 0. The molecular formula is C14H22N2O3. The fourth-order valence-corrected chi connectivity index (χ4v) is 1.75. The Morgan fingerprint density at radius 3 is 2.53 bits per heavy atom. The van der Waals surface area contributed by atoms with Crippen LogP contribution in [-0.4, -0.2) is 22.5 Å². The lowest BCUT2D eigenvalue weighted by Gasteiger charge is -2.04. The lowest BCUT2D eigenvalue weighted by Crippen LogP contribution is -2.13. The van der Waals surface area contributed by atoms with Crippen LogP contribution in [0.2, 0.25) is 0 Å². The number of nitrogens with one attached hydrogen (secondary N) is 1. The molecule has 0 bridgehead atoms. The summed E-state index contributed by atoms with van der Waals surface area (Å²) < 4.78 is 5.07. The van der Waals surface area contributed by atoms with Crippen molar-refractivity contribution < 1.29 is 9.53 Å². The molecule has 5 nitrogen and oxygen atoms in total. The lowest BCUT2D eigenvalue weighted by atomic mass is 10.1. The molecule has 19 heavy (non-hydrogen) atoms. The predicted molar refractivity (Wildman–Crippen MR) is 73.1 cm³/mol. The highest BCUT2D eigenvalue weighted by atomic mass is 16.5. The molecule has 0 unspecified atom stereocenters. The number of hydrogen-bond acceptors (Lipinski definition) is 4. The van der Waals surface area contributed by atoms with Crippen LogP contribution in [0.15, 0.2) is 17.2 Å². The van der Waals surface area contributed by atoms with Gasteiger partial charge in [0.05, 0.1) is 12.8 Å². The number of rotatable bonds is 9. The Kier molecular flexibility index (Phi) is 7.54. The molecule has 0 atom stereocenters. The van der Waals surface area contributed by atoms with E-state index in [1.165, 1.54) is 38.3 Å². The molecule has 1 aromatic rings. The number of aromatic amines is 1. The zero-order valence-electron chi connectivity index (χ0n) is 11.5. The van der Waals surface area contributed by atoms with E-state index < -0.39 is 5.97 Å². The van der Waals surface area contributed by atoms with Crippen LogP contribution >= 0.6 is 0 Å². The van der Waals surface area contributed by atoms with Gasteiger partial charge in [0, 0.05) is 6.20 Å². The number of carbonyl (C=O) groups is 1. The summed E-state index contributed by atoms with van der Waals surface area (Å²) in [5.41, 5.74) is -0.189. The van der Waals surface area contributed by atoms with Crippen molar-refractivity contribution in [2.75, 3.05) is 6.61 Å². The Bertz CT molecular complexity index is 408. The first-order valence-electron chi connectivity index (χ1n) is 6.96. The van der Waals surface area contributed by atoms with Crippen molar-refractivity contribution in [3.63, 3.8) is 0 Å². The standard InChI is InChI=1S/C14H22N2O3/c1-2-3-4-5-6-7-8-9-19-14(18)12-10-16-13(17)11-15-12/h10-11H,2-9H2,1H3,(H,16,17). The van der Waals surface area contributed by atoms with Gasteiger partial charge in [-0.15, -0.1) is 0 Å². The minimum atomic E-state index is -0.484. The van der Waals surface area contributed by atoms with Gasteiger partial charge in [0.15, 0.2) is 5.69 Å². The quantitative estimate of drug-likeness (QED) is 0.551. The van der Waals surface area contributed by atoms with Gasteiger partial charge in [0.25, 0.3) is 5.56 Å². The molecule has 0 radical (unpaired) electrons. The Labute approximate surface area is 113 Å². The van der Waals surface area contributed by atoms with Crippen molar-refractivity contribution in [1.29, 1.82) is 0 Å². The van der Waals surface area contributed by atoms with Crippen LogP contribution in [0.25, 0.3) is 0 Å². The first-order valence-corrected chi connectivity index (χ1v) is 6.96. The molecule has 0 saturated carbocycles. The van der Waals surface area contributed by atoms with Crippen molar-refractivity contribution in [2.45, 2.75) is 51.9 Å². The number of hydrogen-bond donors (Lipinski definition) is 1. The summed E-state index contributed by atoms with van der Waals surface area (Å²) in [5.74, 6) is -0.484. The molecule has 0 aliphatic heterocycles. The van der Waals surface area contributed by atoms with Crippen LogP contribution < -0.4 is 5.56 Å². The minimum Gasteiger partial charge on any atom is -0.461 e. The van der Waals surface area contributed by atoms with Gasteiger partial charge in [-0.25, -0.2) is 9.78 Å². The monoisotopic (exact) mass is 266 g/mol. The highest BCUT2D eigenvalue weighted by Crippen LogP contribution is 2.07. The van der Waals surface area contributed by atoms with Crippen molar-refractivity contribution in [1.82, 2.24) is 9.97 Å². The molecule has 1 rings (SSSR count). The second-order valence-corrected chi connectivity index (χ2v) is 4.55. The van der Waals surface area contributed by atoms with E-state index in [9.17, 15) is 9.59 Å². The predicted octanol–water partition coefficient (Wildman–Crippen LogP) is 2.68. The fourth-order valence-electron chi connectivity index (χ4n) is 1.75. The minimum absolute atomic E-state index is 0.141. The van der Waals surface area contributed by atoms with E-state index in [1.54, 1.807) is 0 Å². The molecule has 0 aliphatic carbocycles. The van der Waals surface area contributed by atoms with Crippen LogP contribution in [0.4, 0.5) is 0 Å². The van der Waals surface area contributed by atoms with Crippen LogP contribution in [0, 0.1) is 0 Å². The number of esters is 1. The highest BCUT2D eigenvalue weighted by Gasteiger charge is 2.07. The number of unbranched alkanes of at least 4 members (excludes halogenated alkanes) is 6. The molecule has 106 valence electrons. The number of H-pyrrole nitrogens is 1. The van der Waals surface area contributed by atoms with Gasteiger partial charge in [-0.2, -0.15) is 0 Å². The van der Waals surface area contributed by atoms with Gasteiger partial charge in [-0.3, -0.25) is 4.79 Å². The smallest absolute Gasteiger partial charge is 0.358 e. The molecule has 0 aliphatic rings. The van der Waals surface area contributed by atoms with Gasteiger partial charge >= 0.3 is 5.97 Å². The van der Waals surface area contributed by atoms with Crippen LogP contribution in [0.1, 0.15) is 62.4 Å². The Morgan fingerprint density at radius 2 is 1.89 bits per heavy atom. The van der Waals surface area contributed by atoms with Crippen LogP contribution in [0.5, 0.6) is 0 Å². The molecule has 0 amide bonds. The van der Waals surface area contributed by atoms with Gasteiger partial charge in [0.1, 0.15) is 0 Å². The summed E-state index contributed by atoms with van der Waals surface area (Å²) in [6.07, 6.45) is 10.6. The maximum atomic E-state index is 11.5. The Balaban J connectivity index is 2.07. The van der Waals surface area contributed by atoms with Crippen LogP contribution in [0.3, 0.4) is 0 Å². The first kappa shape index (κ1) is 15.4. The molecule has 5 heteroatoms. The SMILES string of the molecule is CCCCCCCCCOC(=O)c1c[nH]c(=O)cn1. The van der Waals surface area contributed by atoms with E-state index in [-0.39, 0.29) is 11.3 Å². The fraction of sp³-hybridized carbons (Fsp3) is 0.643. The zero-order valence-corrected chi connectivity index (χ0v) is 11.5. The largest absolute Gasteiger partial charge is 0.461 e. The normalized spacial score (nSPS) is 10.4. The van der Waals surface area contributed by atoms with Crippen molar-refractivity contribution >= 4 is 5.97 Å². The van der Waals surface area contributed by atoms with Gasteiger partial charge in [-0.05, 0) is 6.42 Å². The third-order valence-electron chi connectivity index (χ3n) is 2.86. The van der Waals surface area contributed by atoms with E-state index >= 15 is 0 Å². The van der Waals surface area contributed by atoms with Gasteiger partial charge < -0.3 is 9.72 Å². The molecular weight excluding hydrogens is 244 g/mol. The van der Waals surface area contributed by atoms with E-state index in [4.69, 9.17) is 4.74 Å². The van der Waals surface area contributed by atoms with E-state index in [0.717, 1.165) is 19.0 Å². The van der Waals surface area contributed by atoms with Crippen LogP contribution in [-0.2, 0) is 4.74 Å². The van der Waals surface area contributed by atoms with E-state index in [0.29, 0.717) is 6.61 Å². The second kappa shape index (κ2) is 9.30.